The predicted molar refractivity (Wildman–Crippen MR) is 111 cm³/mol. The fourth-order valence-electron chi connectivity index (χ4n) is 2.99. The first-order chi connectivity index (χ1) is 13.5. The fourth-order valence-corrected chi connectivity index (χ4v) is 4.00. The van der Waals surface area contributed by atoms with Crippen LogP contribution in [0.1, 0.15) is 0 Å². The number of hydrogen-bond acceptors (Lipinski definition) is 6. The molecule has 0 spiro atoms. The van der Waals surface area contributed by atoms with Crippen LogP contribution in [0.25, 0.3) is 21.3 Å². The van der Waals surface area contributed by atoms with Crippen molar-refractivity contribution in [2.24, 2.45) is 0 Å². The van der Waals surface area contributed by atoms with Crippen LogP contribution in [0.5, 0.6) is 0 Å². The lowest BCUT2D eigenvalue weighted by molar-refractivity contribution is -0.119. The third-order valence-electron chi connectivity index (χ3n) is 4.45. The van der Waals surface area contributed by atoms with Crippen molar-refractivity contribution in [3.63, 3.8) is 0 Å². The number of nitrogens with zero attached hydrogens (tertiary/aromatic N) is 4. The van der Waals surface area contributed by atoms with Gasteiger partial charge in [-0.25, -0.2) is 9.78 Å². The van der Waals surface area contributed by atoms with Gasteiger partial charge < -0.3 is 9.32 Å². The summed E-state index contributed by atoms with van der Waals surface area (Å²) in [6.07, 6.45) is 0. The number of carbonyl (C=O) groups is 1. The fraction of sp³-hybridized carbons (Fsp3) is 0.250. The Morgan fingerprint density at radius 3 is 2.64 bits per heavy atom. The van der Waals surface area contributed by atoms with Crippen LogP contribution >= 0.6 is 11.3 Å². The number of para-hydroxylation sites is 3. The molecule has 144 valence electrons. The van der Waals surface area contributed by atoms with Crippen molar-refractivity contribution < 1.29 is 9.21 Å². The highest BCUT2D eigenvalue weighted by Crippen LogP contribution is 2.28. The quantitative estimate of drug-likeness (QED) is 0.501. The number of thiazole rings is 1. The van der Waals surface area contributed by atoms with Crippen LogP contribution in [0.3, 0.4) is 0 Å². The van der Waals surface area contributed by atoms with E-state index in [1.54, 1.807) is 23.1 Å². The van der Waals surface area contributed by atoms with E-state index in [0.717, 1.165) is 10.2 Å². The second-order valence-electron chi connectivity index (χ2n) is 6.73. The molecule has 2 heterocycles. The summed E-state index contributed by atoms with van der Waals surface area (Å²) < 4.78 is 7.64. The largest absolute Gasteiger partial charge is 0.420 e. The highest BCUT2D eigenvalue weighted by atomic mass is 32.1. The van der Waals surface area contributed by atoms with Crippen molar-refractivity contribution in [3.8, 4) is 0 Å². The van der Waals surface area contributed by atoms with Gasteiger partial charge in [-0.05, 0) is 38.4 Å². The van der Waals surface area contributed by atoms with E-state index in [4.69, 9.17) is 4.42 Å². The van der Waals surface area contributed by atoms with Crippen LogP contribution < -0.4 is 10.7 Å². The van der Waals surface area contributed by atoms with Crippen molar-refractivity contribution in [1.29, 1.82) is 0 Å². The Morgan fingerprint density at radius 1 is 1.11 bits per heavy atom. The maximum Gasteiger partial charge on any atom is 0.420 e. The number of fused-ring (bicyclic) bond motifs is 2. The summed E-state index contributed by atoms with van der Waals surface area (Å²) >= 11 is 1.47. The van der Waals surface area contributed by atoms with Gasteiger partial charge in [0.2, 0.25) is 5.91 Å². The zero-order chi connectivity index (χ0) is 19.7. The normalized spacial score (nSPS) is 11.5. The molecule has 1 amide bonds. The maximum absolute atomic E-state index is 13.2. The lowest BCUT2D eigenvalue weighted by atomic mass is 10.3. The van der Waals surface area contributed by atoms with Crippen molar-refractivity contribution >= 4 is 43.7 Å². The van der Waals surface area contributed by atoms with E-state index in [2.05, 4.69) is 4.98 Å². The number of oxazole rings is 1. The summed E-state index contributed by atoms with van der Waals surface area (Å²) in [5.41, 5.74) is 1.94. The maximum atomic E-state index is 13.2. The Hall–Kier alpha value is -2.97. The molecule has 4 rings (SSSR count). The van der Waals surface area contributed by atoms with Crippen LogP contribution in [0, 0.1) is 0 Å². The highest BCUT2D eigenvalue weighted by Gasteiger charge is 2.22. The second-order valence-corrected chi connectivity index (χ2v) is 7.74. The molecule has 0 aliphatic carbocycles. The van der Waals surface area contributed by atoms with E-state index >= 15 is 0 Å². The Morgan fingerprint density at radius 2 is 1.86 bits per heavy atom. The van der Waals surface area contributed by atoms with Crippen LogP contribution in [-0.2, 0) is 11.3 Å². The van der Waals surface area contributed by atoms with Gasteiger partial charge >= 0.3 is 5.76 Å². The highest BCUT2D eigenvalue weighted by molar-refractivity contribution is 7.22. The molecule has 0 unspecified atom stereocenters. The molecule has 0 saturated carbocycles. The van der Waals surface area contributed by atoms with E-state index in [9.17, 15) is 9.59 Å². The van der Waals surface area contributed by atoms with Gasteiger partial charge in [0.05, 0.1) is 15.7 Å². The van der Waals surface area contributed by atoms with Gasteiger partial charge in [-0.3, -0.25) is 14.3 Å². The third-order valence-corrected chi connectivity index (χ3v) is 5.51. The molecule has 0 N–H and O–H groups in total. The SMILES string of the molecule is CN(C)CCN(C(=O)Cn1c(=O)oc2ccccc21)c1nc2ccccc2s1. The number of aromatic nitrogens is 2. The molecule has 0 radical (unpaired) electrons. The van der Waals surface area contributed by atoms with Gasteiger partial charge in [0.1, 0.15) is 6.54 Å². The molecular weight excluding hydrogens is 376 g/mol. The summed E-state index contributed by atoms with van der Waals surface area (Å²) in [6.45, 7) is 1.07. The first kappa shape index (κ1) is 18.4. The first-order valence-electron chi connectivity index (χ1n) is 8.92. The molecular formula is C20H20N4O3S. The van der Waals surface area contributed by atoms with E-state index in [1.165, 1.54) is 15.9 Å². The van der Waals surface area contributed by atoms with Gasteiger partial charge in [-0.2, -0.15) is 0 Å². The lowest BCUT2D eigenvalue weighted by Gasteiger charge is -2.22. The third kappa shape index (κ3) is 3.56. The molecule has 0 atom stereocenters. The summed E-state index contributed by atoms with van der Waals surface area (Å²) in [4.78, 5) is 33.7. The molecule has 28 heavy (non-hydrogen) atoms. The van der Waals surface area contributed by atoms with Crippen molar-refractivity contribution in [3.05, 3.63) is 59.1 Å². The molecule has 2 aromatic heterocycles. The Kier molecular flexibility index (Phi) is 4.97. The Bertz CT molecular complexity index is 1160. The van der Waals surface area contributed by atoms with Crippen molar-refractivity contribution in [2.75, 3.05) is 32.1 Å². The molecule has 8 heteroatoms. The monoisotopic (exact) mass is 396 g/mol. The van der Waals surface area contributed by atoms with Crippen molar-refractivity contribution in [2.45, 2.75) is 6.54 Å². The number of carbonyl (C=O) groups excluding carboxylic acids is 1. The lowest BCUT2D eigenvalue weighted by Crippen LogP contribution is -2.39. The van der Waals surface area contributed by atoms with Crippen LogP contribution in [-0.4, -0.2) is 47.5 Å². The van der Waals surface area contributed by atoms with Gasteiger partial charge in [-0.15, -0.1) is 0 Å². The van der Waals surface area contributed by atoms with Crippen LogP contribution in [0.15, 0.2) is 57.7 Å². The van der Waals surface area contributed by atoms with Crippen LogP contribution in [0.4, 0.5) is 5.13 Å². The number of anilines is 1. The summed E-state index contributed by atoms with van der Waals surface area (Å²) in [5, 5.41) is 0.633. The number of likely N-dealkylation sites (N-methyl/N-ethyl adjacent to an activating group) is 1. The van der Waals surface area contributed by atoms with Gasteiger partial charge in [0.25, 0.3) is 0 Å². The van der Waals surface area contributed by atoms with E-state index in [0.29, 0.717) is 29.3 Å². The molecule has 0 bridgehead atoms. The van der Waals surface area contributed by atoms with Gasteiger partial charge in [0.15, 0.2) is 10.7 Å². The minimum atomic E-state index is -0.536. The zero-order valence-electron chi connectivity index (χ0n) is 15.7. The molecule has 2 aromatic carbocycles. The minimum Gasteiger partial charge on any atom is -0.408 e. The summed E-state index contributed by atoms with van der Waals surface area (Å²) in [5.74, 6) is -0.735. The average Bonchev–Trinajstić information content (AvgIpc) is 3.23. The molecule has 0 fully saturated rings. The number of hydrogen-bond donors (Lipinski definition) is 0. The second kappa shape index (κ2) is 7.57. The summed E-state index contributed by atoms with van der Waals surface area (Å²) in [7, 11) is 3.91. The van der Waals surface area contributed by atoms with Gasteiger partial charge in [0, 0.05) is 13.1 Å². The number of benzene rings is 2. The van der Waals surface area contributed by atoms with E-state index in [-0.39, 0.29) is 12.5 Å². The van der Waals surface area contributed by atoms with Gasteiger partial charge in [-0.1, -0.05) is 35.6 Å². The van der Waals surface area contributed by atoms with Crippen LogP contribution in [0.2, 0.25) is 0 Å². The predicted octanol–water partition coefficient (Wildman–Crippen LogP) is 2.80. The summed E-state index contributed by atoms with van der Waals surface area (Å²) in [6, 6.07) is 14.9. The van der Waals surface area contributed by atoms with E-state index in [1.807, 2.05) is 49.3 Å². The van der Waals surface area contributed by atoms with Crippen molar-refractivity contribution in [1.82, 2.24) is 14.5 Å². The first-order valence-corrected chi connectivity index (χ1v) is 9.73. The Balaban J connectivity index is 1.68. The zero-order valence-corrected chi connectivity index (χ0v) is 16.5. The average molecular weight is 396 g/mol. The standard InChI is InChI=1S/C20H20N4O3S/c1-22(2)11-12-23(19-21-14-7-3-6-10-17(14)28-19)18(25)13-24-15-8-4-5-9-16(15)27-20(24)26/h3-10H,11-13H2,1-2H3. The number of amides is 1. The molecule has 0 saturated heterocycles. The minimum absolute atomic E-state index is 0.0980. The van der Waals surface area contributed by atoms with E-state index < -0.39 is 5.76 Å². The smallest absolute Gasteiger partial charge is 0.408 e. The molecule has 0 aliphatic heterocycles. The molecule has 4 aromatic rings. The Labute approximate surface area is 165 Å². The molecule has 0 aliphatic rings. The topological polar surface area (TPSA) is 71.6 Å². The molecule has 7 nitrogen and oxygen atoms in total. The number of rotatable bonds is 6.